The third kappa shape index (κ3) is 2.25. The molecule has 0 bridgehead atoms. The highest BCUT2D eigenvalue weighted by Gasteiger charge is 2.18. The average Bonchev–Trinajstić information content (AvgIpc) is 2.70. The first-order chi connectivity index (χ1) is 7.66. The van der Waals surface area contributed by atoms with Gasteiger partial charge in [0.1, 0.15) is 12.5 Å². The van der Waals surface area contributed by atoms with Crippen LogP contribution in [0.1, 0.15) is 0 Å². The summed E-state index contributed by atoms with van der Waals surface area (Å²) in [4.78, 5) is 21.2. The van der Waals surface area contributed by atoms with Crippen LogP contribution >= 0.6 is 23.4 Å². The summed E-state index contributed by atoms with van der Waals surface area (Å²) in [7, 11) is 0. The molecular formula is C6H3ClN6O2S. The summed E-state index contributed by atoms with van der Waals surface area (Å²) < 4.78 is 0. The molecule has 0 aliphatic heterocycles. The van der Waals surface area contributed by atoms with Crippen molar-refractivity contribution in [3.63, 3.8) is 0 Å². The molecule has 0 unspecified atom stereocenters. The first kappa shape index (κ1) is 10.8. The second-order valence-electron chi connectivity index (χ2n) is 2.48. The summed E-state index contributed by atoms with van der Waals surface area (Å²) in [5, 5.41) is 17.3. The van der Waals surface area contributed by atoms with Crippen LogP contribution in [0.2, 0.25) is 5.28 Å². The molecule has 2 aromatic heterocycles. The van der Waals surface area contributed by atoms with E-state index in [1.807, 2.05) is 0 Å². The van der Waals surface area contributed by atoms with Crippen LogP contribution in [0.15, 0.2) is 22.7 Å². The summed E-state index contributed by atoms with van der Waals surface area (Å²) in [6, 6.07) is 0. The third-order valence-electron chi connectivity index (χ3n) is 1.49. The fraction of sp³-hybridized carbons (Fsp3) is 0. The number of hydrogen-bond acceptors (Lipinski definition) is 7. The van der Waals surface area contributed by atoms with Gasteiger partial charge in [0, 0.05) is 0 Å². The lowest BCUT2D eigenvalue weighted by Crippen LogP contribution is -1.96. The van der Waals surface area contributed by atoms with Gasteiger partial charge in [-0.2, -0.15) is 5.10 Å². The Hall–Kier alpha value is -1.74. The second kappa shape index (κ2) is 4.41. The van der Waals surface area contributed by atoms with E-state index in [1.165, 1.54) is 6.33 Å². The highest BCUT2D eigenvalue weighted by molar-refractivity contribution is 7.99. The molecule has 0 atom stereocenters. The van der Waals surface area contributed by atoms with Crippen molar-refractivity contribution in [2.45, 2.75) is 10.2 Å². The molecule has 0 aliphatic carbocycles. The van der Waals surface area contributed by atoms with Gasteiger partial charge >= 0.3 is 5.69 Å². The maximum absolute atomic E-state index is 10.7. The van der Waals surface area contributed by atoms with Crippen LogP contribution in [0.25, 0.3) is 0 Å². The Labute approximate surface area is 97.6 Å². The van der Waals surface area contributed by atoms with E-state index in [4.69, 9.17) is 11.6 Å². The van der Waals surface area contributed by atoms with Crippen LogP contribution in [0.5, 0.6) is 0 Å². The largest absolute Gasteiger partial charge is 0.320 e. The molecule has 0 saturated carbocycles. The van der Waals surface area contributed by atoms with Gasteiger partial charge in [-0.25, -0.2) is 15.0 Å². The van der Waals surface area contributed by atoms with E-state index in [-0.39, 0.29) is 16.0 Å². The van der Waals surface area contributed by atoms with E-state index >= 15 is 0 Å². The lowest BCUT2D eigenvalue weighted by Gasteiger charge is -1.98. The van der Waals surface area contributed by atoms with E-state index in [0.29, 0.717) is 5.16 Å². The highest BCUT2D eigenvalue weighted by atomic mass is 35.5. The summed E-state index contributed by atoms with van der Waals surface area (Å²) in [6.45, 7) is 0. The Balaban J connectivity index is 2.38. The number of nitrogens with zero attached hydrogens (tertiary/aromatic N) is 5. The second-order valence-corrected chi connectivity index (χ2v) is 3.79. The predicted octanol–water partition coefficient (Wildman–Crippen LogP) is 1.31. The number of halogens is 1. The number of nitrogens with one attached hydrogen (secondary N) is 1. The Morgan fingerprint density at radius 3 is 2.94 bits per heavy atom. The van der Waals surface area contributed by atoms with Crippen LogP contribution in [0, 0.1) is 10.1 Å². The van der Waals surface area contributed by atoms with Gasteiger partial charge in [-0.1, -0.05) is 0 Å². The maximum Gasteiger partial charge on any atom is 0.320 e. The zero-order valence-electron chi connectivity index (χ0n) is 7.49. The van der Waals surface area contributed by atoms with Crippen molar-refractivity contribution >= 4 is 29.1 Å². The normalized spacial score (nSPS) is 10.3. The molecule has 1 N–H and O–H groups in total. The Morgan fingerprint density at radius 2 is 2.31 bits per heavy atom. The zero-order valence-corrected chi connectivity index (χ0v) is 9.07. The van der Waals surface area contributed by atoms with E-state index in [0.717, 1.165) is 18.0 Å². The fourth-order valence-corrected chi connectivity index (χ4v) is 1.80. The predicted molar refractivity (Wildman–Crippen MR) is 54.2 cm³/mol. The molecule has 2 heterocycles. The molecule has 0 aromatic carbocycles. The van der Waals surface area contributed by atoms with Crippen molar-refractivity contribution in [1.82, 2.24) is 25.1 Å². The van der Waals surface area contributed by atoms with Crippen LogP contribution in [0.3, 0.4) is 0 Å². The minimum Gasteiger partial charge on any atom is -0.258 e. The van der Waals surface area contributed by atoms with Gasteiger partial charge in [0.15, 0.2) is 10.2 Å². The van der Waals surface area contributed by atoms with Crippen LogP contribution < -0.4 is 0 Å². The number of hydrogen-bond donors (Lipinski definition) is 1. The van der Waals surface area contributed by atoms with Gasteiger partial charge in [-0.3, -0.25) is 15.2 Å². The van der Waals surface area contributed by atoms with E-state index in [2.05, 4.69) is 25.1 Å². The van der Waals surface area contributed by atoms with Gasteiger partial charge in [0.05, 0.1) is 4.92 Å². The van der Waals surface area contributed by atoms with Crippen molar-refractivity contribution in [3.05, 3.63) is 27.9 Å². The summed E-state index contributed by atoms with van der Waals surface area (Å²) >= 11 is 6.51. The van der Waals surface area contributed by atoms with Crippen molar-refractivity contribution < 1.29 is 4.92 Å². The Bertz CT molecular complexity index is 518. The summed E-state index contributed by atoms with van der Waals surface area (Å²) in [5.41, 5.74) is -0.231. The molecule has 2 aromatic rings. The lowest BCUT2D eigenvalue weighted by molar-refractivity contribution is -0.388. The van der Waals surface area contributed by atoms with Crippen molar-refractivity contribution in [1.29, 1.82) is 0 Å². The van der Waals surface area contributed by atoms with Gasteiger partial charge in [-0.15, -0.1) is 0 Å². The molecule has 2 rings (SSSR count). The highest BCUT2D eigenvalue weighted by Crippen LogP contribution is 2.30. The Kier molecular flexibility index (Phi) is 2.97. The van der Waals surface area contributed by atoms with Crippen molar-refractivity contribution in [2.24, 2.45) is 0 Å². The van der Waals surface area contributed by atoms with Crippen LogP contribution in [-0.2, 0) is 0 Å². The van der Waals surface area contributed by atoms with Crippen molar-refractivity contribution in [3.8, 4) is 0 Å². The molecule has 0 fully saturated rings. The number of nitro groups is 1. The number of aromatic amines is 1. The molecular weight excluding hydrogens is 256 g/mol. The molecule has 82 valence electrons. The maximum atomic E-state index is 10.7. The first-order valence-corrected chi connectivity index (χ1v) is 5.06. The molecule has 0 saturated heterocycles. The molecule has 0 amide bonds. The van der Waals surface area contributed by atoms with Gasteiger partial charge in [-0.05, 0) is 23.4 Å². The molecule has 0 aliphatic rings. The third-order valence-corrected chi connectivity index (χ3v) is 2.56. The average molecular weight is 259 g/mol. The van der Waals surface area contributed by atoms with E-state index in [1.54, 1.807) is 0 Å². The summed E-state index contributed by atoms with van der Waals surface area (Å²) in [5.74, 6) is 0. The number of H-pyrrole nitrogens is 1. The number of aromatic nitrogens is 5. The van der Waals surface area contributed by atoms with E-state index < -0.39 is 4.92 Å². The molecule has 8 nitrogen and oxygen atoms in total. The SMILES string of the molecule is O=[N+]([O-])c1cnc(Cl)nc1Sc1ncn[nH]1. The molecule has 0 radical (unpaired) electrons. The molecule has 0 spiro atoms. The minimum absolute atomic E-state index is 0.0624. The van der Waals surface area contributed by atoms with Crippen LogP contribution in [0.4, 0.5) is 5.69 Å². The monoisotopic (exact) mass is 258 g/mol. The zero-order chi connectivity index (χ0) is 11.5. The van der Waals surface area contributed by atoms with Gasteiger partial charge < -0.3 is 0 Å². The van der Waals surface area contributed by atoms with Crippen molar-refractivity contribution in [2.75, 3.05) is 0 Å². The minimum atomic E-state index is -0.588. The standard InChI is InChI=1S/C6H3ClN6O2S/c7-5-8-1-3(13(14)15)4(11-5)16-6-9-2-10-12-6/h1-2H,(H,9,10,12). The summed E-state index contributed by atoms with van der Waals surface area (Å²) in [6.07, 6.45) is 2.34. The smallest absolute Gasteiger partial charge is 0.258 e. The lowest BCUT2D eigenvalue weighted by atomic mass is 10.6. The topological polar surface area (TPSA) is 110 Å². The van der Waals surface area contributed by atoms with Crippen LogP contribution in [-0.4, -0.2) is 30.1 Å². The quantitative estimate of drug-likeness (QED) is 0.382. The number of rotatable bonds is 3. The first-order valence-electron chi connectivity index (χ1n) is 3.87. The Morgan fingerprint density at radius 1 is 1.50 bits per heavy atom. The molecule has 16 heavy (non-hydrogen) atoms. The van der Waals surface area contributed by atoms with Gasteiger partial charge in [0.25, 0.3) is 0 Å². The van der Waals surface area contributed by atoms with E-state index in [9.17, 15) is 10.1 Å². The molecule has 10 heteroatoms. The van der Waals surface area contributed by atoms with Gasteiger partial charge in [0.2, 0.25) is 5.28 Å². The fourth-order valence-electron chi connectivity index (χ4n) is 0.875.